The van der Waals surface area contributed by atoms with Crippen LogP contribution >= 0.6 is 0 Å². The van der Waals surface area contributed by atoms with E-state index in [2.05, 4.69) is 5.32 Å². The van der Waals surface area contributed by atoms with Crippen LogP contribution in [-0.4, -0.2) is 42.9 Å². The van der Waals surface area contributed by atoms with Gasteiger partial charge in [-0.2, -0.15) is 0 Å². The molecular formula is C15H27N3O2. The minimum absolute atomic E-state index is 0.114. The van der Waals surface area contributed by atoms with Crippen LogP contribution in [-0.2, 0) is 9.59 Å². The van der Waals surface area contributed by atoms with Gasteiger partial charge in [0.2, 0.25) is 11.8 Å². The van der Waals surface area contributed by atoms with E-state index in [9.17, 15) is 9.59 Å². The average molecular weight is 281 g/mol. The fourth-order valence-electron chi connectivity index (χ4n) is 3.35. The molecule has 2 fully saturated rings. The molecule has 0 atom stereocenters. The minimum Gasteiger partial charge on any atom is -0.369 e. The van der Waals surface area contributed by atoms with Gasteiger partial charge in [-0.3, -0.25) is 14.5 Å². The van der Waals surface area contributed by atoms with E-state index < -0.39 is 0 Å². The van der Waals surface area contributed by atoms with E-state index in [0.717, 1.165) is 32.5 Å². The summed E-state index contributed by atoms with van der Waals surface area (Å²) in [7, 11) is 0. The van der Waals surface area contributed by atoms with Crippen LogP contribution in [0.2, 0.25) is 0 Å². The maximum Gasteiger partial charge on any atom is 0.231 e. The van der Waals surface area contributed by atoms with Crippen molar-refractivity contribution < 1.29 is 9.59 Å². The summed E-state index contributed by atoms with van der Waals surface area (Å²) in [6, 6.07) is 0. The summed E-state index contributed by atoms with van der Waals surface area (Å²) in [6.45, 7) is 2.76. The third-order valence-corrected chi connectivity index (χ3v) is 4.63. The molecule has 2 amide bonds. The fourth-order valence-corrected chi connectivity index (χ4v) is 3.35. The van der Waals surface area contributed by atoms with Crippen molar-refractivity contribution in [1.82, 2.24) is 10.2 Å². The number of likely N-dealkylation sites (tertiary alicyclic amines) is 1. The summed E-state index contributed by atoms with van der Waals surface area (Å²) in [6.07, 6.45) is 8.17. The number of hydrogen-bond donors (Lipinski definition) is 2. The number of carbonyl (C=O) groups excluding carboxylic acids is 2. The van der Waals surface area contributed by atoms with Gasteiger partial charge in [0.1, 0.15) is 0 Å². The van der Waals surface area contributed by atoms with Crippen molar-refractivity contribution in [1.29, 1.82) is 0 Å². The van der Waals surface area contributed by atoms with Crippen LogP contribution < -0.4 is 11.1 Å². The third kappa shape index (κ3) is 4.78. The van der Waals surface area contributed by atoms with E-state index in [-0.39, 0.29) is 17.7 Å². The number of rotatable bonds is 5. The maximum atomic E-state index is 12.1. The Balaban J connectivity index is 1.65. The van der Waals surface area contributed by atoms with Crippen molar-refractivity contribution in [2.24, 2.45) is 17.6 Å². The Morgan fingerprint density at radius 2 is 1.70 bits per heavy atom. The van der Waals surface area contributed by atoms with E-state index in [4.69, 9.17) is 5.73 Å². The van der Waals surface area contributed by atoms with E-state index in [1.54, 1.807) is 0 Å². The highest BCUT2D eigenvalue weighted by atomic mass is 16.2. The van der Waals surface area contributed by atoms with Crippen LogP contribution in [0.1, 0.15) is 44.9 Å². The number of primary amides is 1. The van der Waals surface area contributed by atoms with Gasteiger partial charge in [-0.25, -0.2) is 0 Å². The normalized spacial score (nSPS) is 22.6. The van der Waals surface area contributed by atoms with Gasteiger partial charge in [0.15, 0.2) is 0 Å². The molecule has 2 rings (SSSR count). The van der Waals surface area contributed by atoms with Crippen molar-refractivity contribution in [2.75, 3.05) is 26.2 Å². The van der Waals surface area contributed by atoms with Gasteiger partial charge in [-0.1, -0.05) is 19.3 Å². The van der Waals surface area contributed by atoms with Crippen molar-refractivity contribution in [3.8, 4) is 0 Å². The highest BCUT2D eigenvalue weighted by Gasteiger charge is 2.26. The van der Waals surface area contributed by atoms with E-state index in [0.29, 0.717) is 12.5 Å². The third-order valence-electron chi connectivity index (χ3n) is 4.63. The summed E-state index contributed by atoms with van der Waals surface area (Å²) in [5.74, 6) is 0.713. The summed E-state index contributed by atoms with van der Waals surface area (Å²) in [4.78, 5) is 25.0. The number of nitrogens with two attached hydrogens (primary N) is 1. The number of piperidine rings is 1. The zero-order valence-electron chi connectivity index (χ0n) is 12.3. The Kier molecular flexibility index (Phi) is 5.83. The zero-order chi connectivity index (χ0) is 14.4. The number of nitrogens with one attached hydrogen (secondary N) is 1. The van der Waals surface area contributed by atoms with Gasteiger partial charge < -0.3 is 11.1 Å². The molecule has 3 N–H and O–H groups in total. The van der Waals surface area contributed by atoms with Crippen LogP contribution in [0, 0.1) is 11.8 Å². The molecule has 5 nitrogen and oxygen atoms in total. The molecule has 0 aromatic rings. The number of amides is 2. The van der Waals surface area contributed by atoms with Crippen molar-refractivity contribution >= 4 is 11.8 Å². The van der Waals surface area contributed by atoms with Crippen LogP contribution in [0.5, 0.6) is 0 Å². The molecule has 1 aliphatic heterocycles. The standard InChI is InChI=1S/C15H27N3O2/c16-14(19)11-18-8-6-13(7-9-18)15(20)17-10-12-4-2-1-3-5-12/h12-13H,1-11H2,(H2,16,19)(H,17,20). The maximum absolute atomic E-state index is 12.1. The van der Waals surface area contributed by atoms with Gasteiger partial charge in [0.05, 0.1) is 6.54 Å². The van der Waals surface area contributed by atoms with E-state index in [1.807, 2.05) is 4.90 Å². The minimum atomic E-state index is -0.287. The summed E-state index contributed by atoms with van der Waals surface area (Å²) in [5.41, 5.74) is 5.19. The highest BCUT2D eigenvalue weighted by Crippen LogP contribution is 2.23. The van der Waals surface area contributed by atoms with Crippen molar-refractivity contribution in [3.05, 3.63) is 0 Å². The molecule has 1 heterocycles. The quantitative estimate of drug-likeness (QED) is 0.785. The first-order valence-corrected chi connectivity index (χ1v) is 7.93. The van der Waals surface area contributed by atoms with Gasteiger partial charge in [-0.05, 0) is 44.7 Å². The second-order valence-corrected chi connectivity index (χ2v) is 6.27. The van der Waals surface area contributed by atoms with Gasteiger partial charge >= 0.3 is 0 Å². The molecule has 0 unspecified atom stereocenters. The SMILES string of the molecule is NC(=O)CN1CCC(C(=O)NCC2CCCCC2)CC1. The molecule has 0 aromatic heterocycles. The molecule has 1 saturated carbocycles. The Morgan fingerprint density at radius 3 is 2.30 bits per heavy atom. The average Bonchev–Trinajstić information content (AvgIpc) is 2.46. The Bertz CT molecular complexity index is 332. The summed E-state index contributed by atoms with van der Waals surface area (Å²) >= 11 is 0. The summed E-state index contributed by atoms with van der Waals surface area (Å²) < 4.78 is 0. The molecule has 2 aliphatic rings. The first-order valence-electron chi connectivity index (χ1n) is 7.93. The molecule has 1 aliphatic carbocycles. The van der Waals surface area contributed by atoms with Gasteiger partial charge in [0, 0.05) is 12.5 Å². The molecule has 5 heteroatoms. The van der Waals surface area contributed by atoms with Gasteiger partial charge in [0.25, 0.3) is 0 Å². The number of hydrogen-bond acceptors (Lipinski definition) is 3. The Morgan fingerprint density at radius 1 is 1.05 bits per heavy atom. The second kappa shape index (κ2) is 7.62. The Hall–Kier alpha value is -1.10. The molecular weight excluding hydrogens is 254 g/mol. The van der Waals surface area contributed by atoms with Crippen LogP contribution in [0.25, 0.3) is 0 Å². The van der Waals surface area contributed by atoms with Crippen LogP contribution in [0.4, 0.5) is 0 Å². The molecule has 0 spiro atoms. The molecule has 114 valence electrons. The first kappa shape index (κ1) is 15.3. The van der Waals surface area contributed by atoms with E-state index in [1.165, 1.54) is 32.1 Å². The predicted octanol–water partition coefficient (Wildman–Crippen LogP) is 0.880. The monoisotopic (exact) mass is 281 g/mol. The lowest BCUT2D eigenvalue weighted by atomic mass is 9.89. The lowest BCUT2D eigenvalue weighted by molar-refractivity contribution is -0.126. The first-order chi connectivity index (χ1) is 9.65. The Labute approximate surface area is 121 Å². The predicted molar refractivity (Wildman–Crippen MR) is 77.9 cm³/mol. The summed E-state index contributed by atoms with van der Waals surface area (Å²) in [5, 5.41) is 3.13. The second-order valence-electron chi connectivity index (χ2n) is 6.27. The van der Waals surface area contributed by atoms with Crippen molar-refractivity contribution in [2.45, 2.75) is 44.9 Å². The topological polar surface area (TPSA) is 75.4 Å². The van der Waals surface area contributed by atoms with Gasteiger partial charge in [-0.15, -0.1) is 0 Å². The van der Waals surface area contributed by atoms with Crippen LogP contribution in [0.3, 0.4) is 0 Å². The fraction of sp³-hybridized carbons (Fsp3) is 0.867. The number of carbonyl (C=O) groups is 2. The van der Waals surface area contributed by atoms with E-state index >= 15 is 0 Å². The molecule has 1 saturated heterocycles. The lowest BCUT2D eigenvalue weighted by Gasteiger charge is -2.31. The number of nitrogens with zero attached hydrogens (tertiary/aromatic N) is 1. The lowest BCUT2D eigenvalue weighted by Crippen LogP contribution is -2.44. The molecule has 20 heavy (non-hydrogen) atoms. The molecule has 0 radical (unpaired) electrons. The smallest absolute Gasteiger partial charge is 0.231 e. The van der Waals surface area contributed by atoms with Crippen molar-refractivity contribution in [3.63, 3.8) is 0 Å². The largest absolute Gasteiger partial charge is 0.369 e. The highest BCUT2D eigenvalue weighted by molar-refractivity contribution is 5.79. The van der Waals surface area contributed by atoms with Crippen LogP contribution in [0.15, 0.2) is 0 Å². The zero-order valence-corrected chi connectivity index (χ0v) is 12.3. The molecule has 0 aromatic carbocycles. The molecule has 0 bridgehead atoms.